The van der Waals surface area contributed by atoms with Crippen molar-refractivity contribution < 1.29 is 0 Å². The average molecular weight is 380 g/mol. The van der Waals surface area contributed by atoms with Gasteiger partial charge in [0.05, 0.1) is 0 Å². The maximum absolute atomic E-state index is 3.62. The fraction of sp³-hybridized carbons (Fsp3) is 0.379. The molecule has 29 heavy (non-hydrogen) atoms. The molecular formula is C29H31. The summed E-state index contributed by atoms with van der Waals surface area (Å²) in [5.41, 5.74) is 6.39. The van der Waals surface area contributed by atoms with Crippen LogP contribution in [0.3, 0.4) is 0 Å². The molecular weight excluding hydrogens is 348 g/mol. The van der Waals surface area contributed by atoms with Gasteiger partial charge in [-0.05, 0) is 59.4 Å². The molecule has 3 aromatic carbocycles. The van der Waals surface area contributed by atoms with Crippen LogP contribution in [-0.2, 0) is 11.8 Å². The molecule has 2 unspecified atom stereocenters. The minimum Gasteiger partial charge on any atom is -0.0622 e. The standard InChI is InChI=1S/C29H31/c1-28(19-11-4-12-20-28)22-29(25-16-7-3-8-17-25)21-24-15-9-10-18-26(24)27(29)23-13-5-2-6-14-23/h2-3,5-10,13-14,16-18,27H,4,11-12,19-22H2,1H3. The van der Waals surface area contributed by atoms with Crippen LogP contribution in [0.4, 0.5) is 0 Å². The highest BCUT2D eigenvalue weighted by atomic mass is 14.5. The van der Waals surface area contributed by atoms with E-state index in [-0.39, 0.29) is 5.41 Å². The Bertz CT molecular complexity index is 950. The van der Waals surface area contributed by atoms with E-state index in [0.29, 0.717) is 11.3 Å². The Balaban J connectivity index is 1.70. The third-order valence-electron chi connectivity index (χ3n) is 7.62. The topological polar surface area (TPSA) is 0 Å². The SMILES string of the molecule is CC1(CC2(c3ccccc3)Cc3[c]cccc3C2c2ccccc2)CCCCC1. The Kier molecular flexibility index (Phi) is 4.82. The predicted octanol–water partition coefficient (Wildman–Crippen LogP) is 7.47. The summed E-state index contributed by atoms with van der Waals surface area (Å²) in [6.45, 7) is 2.56. The second-order valence-electron chi connectivity index (χ2n) is 9.69. The van der Waals surface area contributed by atoms with Crippen LogP contribution in [0.25, 0.3) is 0 Å². The maximum atomic E-state index is 3.62. The maximum Gasteiger partial charge on any atom is 0.0193 e. The van der Waals surface area contributed by atoms with E-state index in [1.165, 1.54) is 60.8 Å². The Hall–Kier alpha value is -2.34. The molecule has 2 aliphatic carbocycles. The normalized spacial score (nSPS) is 25.5. The summed E-state index contributed by atoms with van der Waals surface area (Å²) in [7, 11) is 0. The van der Waals surface area contributed by atoms with Crippen molar-refractivity contribution >= 4 is 0 Å². The average Bonchev–Trinajstić information content (AvgIpc) is 3.09. The Morgan fingerprint density at radius 3 is 2.24 bits per heavy atom. The van der Waals surface area contributed by atoms with Gasteiger partial charge in [0.15, 0.2) is 0 Å². The van der Waals surface area contributed by atoms with Crippen LogP contribution >= 0.6 is 0 Å². The van der Waals surface area contributed by atoms with Crippen LogP contribution in [0.2, 0.25) is 0 Å². The molecule has 0 heteroatoms. The molecule has 0 spiro atoms. The van der Waals surface area contributed by atoms with E-state index in [9.17, 15) is 0 Å². The highest BCUT2D eigenvalue weighted by molar-refractivity contribution is 5.51. The van der Waals surface area contributed by atoms with E-state index in [1.54, 1.807) is 0 Å². The van der Waals surface area contributed by atoms with Crippen LogP contribution in [-0.4, -0.2) is 0 Å². The molecule has 2 aliphatic rings. The minimum atomic E-state index is 0.106. The van der Waals surface area contributed by atoms with E-state index in [4.69, 9.17) is 0 Å². The van der Waals surface area contributed by atoms with Gasteiger partial charge in [-0.3, -0.25) is 0 Å². The van der Waals surface area contributed by atoms with Gasteiger partial charge in [0.1, 0.15) is 0 Å². The Morgan fingerprint density at radius 2 is 1.52 bits per heavy atom. The molecule has 2 atom stereocenters. The molecule has 0 aliphatic heterocycles. The highest BCUT2D eigenvalue weighted by Crippen LogP contribution is 2.58. The van der Waals surface area contributed by atoms with Crippen molar-refractivity contribution in [2.45, 2.75) is 63.2 Å². The van der Waals surface area contributed by atoms with Crippen molar-refractivity contribution in [2.24, 2.45) is 5.41 Å². The molecule has 0 heterocycles. The zero-order valence-corrected chi connectivity index (χ0v) is 17.5. The lowest BCUT2D eigenvalue weighted by Gasteiger charge is -2.46. The van der Waals surface area contributed by atoms with Crippen molar-refractivity contribution in [1.82, 2.24) is 0 Å². The molecule has 0 N–H and O–H groups in total. The van der Waals surface area contributed by atoms with Crippen LogP contribution in [0.5, 0.6) is 0 Å². The van der Waals surface area contributed by atoms with Gasteiger partial charge in [0.25, 0.3) is 0 Å². The van der Waals surface area contributed by atoms with E-state index in [2.05, 4.69) is 91.9 Å². The predicted molar refractivity (Wildman–Crippen MR) is 121 cm³/mol. The van der Waals surface area contributed by atoms with Crippen LogP contribution in [0.15, 0.2) is 78.9 Å². The summed E-state index contributed by atoms with van der Waals surface area (Å²) in [5.74, 6) is 0.400. The van der Waals surface area contributed by atoms with E-state index in [1.807, 2.05) is 0 Å². The summed E-state index contributed by atoms with van der Waals surface area (Å²) in [6.07, 6.45) is 9.26. The highest BCUT2D eigenvalue weighted by Gasteiger charge is 2.51. The van der Waals surface area contributed by atoms with Crippen LogP contribution in [0.1, 0.15) is 73.6 Å². The van der Waals surface area contributed by atoms with Crippen molar-refractivity contribution in [2.75, 3.05) is 0 Å². The van der Waals surface area contributed by atoms with E-state index < -0.39 is 0 Å². The molecule has 1 fully saturated rings. The number of benzene rings is 3. The van der Waals surface area contributed by atoms with Crippen molar-refractivity contribution in [3.8, 4) is 0 Å². The molecule has 1 saturated carbocycles. The third-order valence-corrected chi connectivity index (χ3v) is 7.62. The Morgan fingerprint density at radius 1 is 0.828 bits per heavy atom. The monoisotopic (exact) mass is 379 g/mol. The second kappa shape index (κ2) is 7.48. The molecule has 5 rings (SSSR count). The largest absolute Gasteiger partial charge is 0.0622 e. The minimum absolute atomic E-state index is 0.106. The van der Waals surface area contributed by atoms with Gasteiger partial charge < -0.3 is 0 Å². The first-order valence-electron chi connectivity index (χ1n) is 11.3. The fourth-order valence-corrected chi connectivity index (χ4v) is 6.42. The smallest absolute Gasteiger partial charge is 0.0193 e. The van der Waals surface area contributed by atoms with Crippen molar-refractivity contribution in [3.63, 3.8) is 0 Å². The van der Waals surface area contributed by atoms with Gasteiger partial charge in [-0.25, -0.2) is 0 Å². The summed E-state index contributed by atoms with van der Waals surface area (Å²) in [4.78, 5) is 0. The molecule has 147 valence electrons. The first kappa shape index (κ1) is 18.7. The fourth-order valence-electron chi connectivity index (χ4n) is 6.42. The van der Waals surface area contributed by atoms with Gasteiger partial charge in [0.2, 0.25) is 0 Å². The second-order valence-corrected chi connectivity index (χ2v) is 9.69. The van der Waals surface area contributed by atoms with Gasteiger partial charge in [0, 0.05) is 11.3 Å². The van der Waals surface area contributed by atoms with Crippen LogP contribution < -0.4 is 0 Å². The first-order valence-corrected chi connectivity index (χ1v) is 11.3. The molecule has 1 radical (unpaired) electrons. The van der Waals surface area contributed by atoms with Crippen LogP contribution in [0, 0.1) is 11.5 Å². The van der Waals surface area contributed by atoms with Gasteiger partial charge in [-0.15, -0.1) is 0 Å². The number of fused-ring (bicyclic) bond motifs is 1. The molecule has 0 saturated heterocycles. The lowest BCUT2D eigenvalue weighted by Crippen LogP contribution is -2.39. The first-order chi connectivity index (χ1) is 14.2. The summed E-state index contributed by atoms with van der Waals surface area (Å²) in [6, 6.07) is 32.9. The zero-order chi connectivity index (χ0) is 19.7. The summed E-state index contributed by atoms with van der Waals surface area (Å²) >= 11 is 0. The number of hydrogen-bond acceptors (Lipinski definition) is 0. The summed E-state index contributed by atoms with van der Waals surface area (Å²) < 4.78 is 0. The quantitative estimate of drug-likeness (QED) is 0.441. The third kappa shape index (κ3) is 3.33. The zero-order valence-electron chi connectivity index (χ0n) is 17.5. The van der Waals surface area contributed by atoms with Crippen molar-refractivity contribution in [1.29, 1.82) is 0 Å². The van der Waals surface area contributed by atoms with E-state index in [0.717, 1.165) is 6.42 Å². The molecule has 0 bridgehead atoms. The molecule has 0 amide bonds. The van der Waals surface area contributed by atoms with Gasteiger partial charge >= 0.3 is 0 Å². The number of hydrogen-bond donors (Lipinski definition) is 0. The van der Waals surface area contributed by atoms with Gasteiger partial charge in [-0.2, -0.15) is 0 Å². The van der Waals surface area contributed by atoms with E-state index >= 15 is 0 Å². The molecule has 3 aromatic rings. The van der Waals surface area contributed by atoms with Gasteiger partial charge in [-0.1, -0.05) is 105 Å². The molecule has 0 nitrogen and oxygen atoms in total. The number of rotatable bonds is 4. The lowest BCUT2D eigenvalue weighted by atomic mass is 9.58. The summed E-state index contributed by atoms with van der Waals surface area (Å²) in [5, 5.41) is 0. The Labute approximate surface area is 176 Å². The van der Waals surface area contributed by atoms with Crippen molar-refractivity contribution in [3.05, 3.63) is 107 Å². The lowest BCUT2D eigenvalue weighted by molar-refractivity contribution is 0.141. The molecule has 0 aromatic heterocycles.